The van der Waals surface area contributed by atoms with Crippen LogP contribution in [0, 0.1) is 0 Å². The zero-order valence-corrected chi connectivity index (χ0v) is 16.6. The van der Waals surface area contributed by atoms with E-state index < -0.39 is 0 Å². The summed E-state index contributed by atoms with van der Waals surface area (Å²) in [6, 6.07) is 17.5. The van der Waals surface area contributed by atoms with Crippen molar-refractivity contribution >= 4 is 16.7 Å². The smallest absolute Gasteiger partial charge is 0.255 e. The molecule has 0 heterocycles. The van der Waals surface area contributed by atoms with E-state index in [-0.39, 0.29) is 5.91 Å². The summed E-state index contributed by atoms with van der Waals surface area (Å²) in [6.45, 7) is 7.34. The van der Waals surface area contributed by atoms with Gasteiger partial charge < -0.3 is 14.8 Å². The number of nitrogens with one attached hydrogen (secondary N) is 1. The van der Waals surface area contributed by atoms with Crippen LogP contribution in [-0.4, -0.2) is 20.1 Å². The molecule has 4 nitrogen and oxygen atoms in total. The van der Waals surface area contributed by atoms with Gasteiger partial charge >= 0.3 is 0 Å². The Morgan fingerprint density at radius 1 is 0.862 bits per heavy atom. The minimum Gasteiger partial charge on any atom is -0.497 e. The van der Waals surface area contributed by atoms with Gasteiger partial charge in [0.25, 0.3) is 5.91 Å². The summed E-state index contributed by atoms with van der Waals surface area (Å²) in [5.41, 5.74) is 2.95. The van der Waals surface area contributed by atoms with Gasteiger partial charge in [-0.25, -0.2) is 0 Å². The first-order chi connectivity index (χ1) is 14.1. The van der Waals surface area contributed by atoms with Crippen LogP contribution in [0.3, 0.4) is 0 Å². The third-order valence-corrected chi connectivity index (χ3v) is 4.56. The van der Waals surface area contributed by atoms with E-state index in [1.807, 2.05) is 42.5 Å². The molecule has 29 heavy (non-hydrogen) atoms. The van der Waals surface area contributed by atoms with E-state index in [1.54, 1.807) is 38.5 Å². The van der Waals surface area contributed by atoms with Crippen LogP contribution >= 0.6 is 0 Å². The molecular weight excluding hydrogens is 362 g/mol. The number of carbonyl (C=O) groups is 1. The molecule has 3 rings (SSSR count). The molecule has 0 aliphatic carbocycles. The van der Waals surface area contributed by atoms with Crippen molar-refractivity contribution in [2.75, 3.05) is 14.2 Å². The SMILES string of the molecule is C=C/C=C(\C=C)NC(=O)c1cc(OC)cc(-c2ccc3cc(OC)ccc3c2)c1. The van der Waals surface area contributed by atoms with Crippen LogP contribution < -0.4 is 14.8 Å². The topological polar surface area (TPSA) is 47.6 Å². The molecule has 1 N–H and O–H groups in total. The first-order valence-electron chi connectivity index (χ1n) is 9.11. The van der Waals surface area contributed by atoms with Gasteiger partial charge in [0.05, 0.1) is 14.2 Å². The minimum atomic E-state index is -0.247. The van der Waals surface area contributed by atoms with Crippen LogP contribution in [0.15, 0.2) is 91.7 Å². The van der Waals surface area contributed by atoms with Crippen LogP contribution in [0.2, 0.25) is 0 Å². The second-order valence-electron chi connectivity index (χ2n) is 6.39. The Bertz CT molecular complexity index is 1110. The maximum absolute atomic E-state index is 12.7. The number of methoxy groups -OCH3 is 2. The molecule has 0 saturated carbocycles. The summed E-state index contributed by atoms with van der Waals surface area (Å²) >= 11 is 0. The highest BCUT2D eigenvalue weighted by Crippen LogP contribution is 2.30. The lowest BCUT2D eigenvalue weighted by Gasteiger charge is -2.11. The van der Waals surface area contributed by atoms with Gasteiger partial charge in [0.2, 0.25) is 0 Å². The van der Waals surface area contributed by atoms with E-state index in [4.69, 9.17) is 9.47 Å². The monoisotopic (exact) mass is 385 g/mol. The Hall–Kier alpha value is -3.79. The molecular formula is C25H23NO3. The van der Waals surface area contributed by atoms with Gasteiger partial charge in [-0.15, -0.1) is 0 Å². The van der Waals surface area contributed by atoms with E-state index in [0.29, 0.717) is 17.0 Å². The maximum Gasteiger partial charge on any atom is 0.255 e. The Morgan fingerprint density at radius 2 is 1.59 bits per heavy atom. The molecule has 0 aromatic heterocycles. The molecule has 0 unspecified atom stereocenters. The molecule has 0 radical (unpaired) electrons. The number of rotatable bonds is 7. The number of allylic oxidation sites excluding steroid dienone is 3. The first-order valence-corrected chi connectivity index (χ1v) is 9.11. The fraction of sp³-hybridized carbons (Fsp3) is 0.0800. The van der Waals surface area contributed by atoms with Crippen molar-refractivity contribution in [3.05, 3.63) is 97.2 Å². The van der Waals surface area contributed by atoms with Crippen LogP contribution in [-0.2, 0) is 0 Å². The van der Waals surface area contributed by atoms with Crippen LogP contribution in [0.1, 0.15) is 10.4 Å². The molecule has 0 aliphatic rings. The van der Waals surface area contributed by atoms with Gasteiger partial charge in [0.1, 0.15) is 11.5 Å². The van der Waals surface area contributed by atoms with E-state index in [9.17, 15) is 4.79 Å². The van der Waals surface area contributed by atoms with Gasteiger partial charge in [-0.3, -0.25) is 4.79 Å². The third kappa shape index (κ3) is 4.55. The average Bonchev–Trinajstić information content (AvgIpc) is 2.77. The second kappa shape index (κ2) is 8.93. The number of fused-ring (bicyclic) bond motifs is 1. The summed E-state index contributed by atoms with van der Waals surface area (Å²) in [7, 11) is 3.24. The van der Waals surface area contributed by atoms with Gasteiger partial charge in [-0.2, -0.15) is 0 Å². The number of hydrogen-bond donors (Lipinski definition) is 1. The van der Waals surface area contributed by atoms with Crippen molar-refractivity contribution < 1.29 is 14.3 Å². The number of ether oxygens (including phenoxy) is 2. The van der Waals surface area contributed by atoms with Crippen LogP contribution in [0.25, 0.3) is 21.9 Å². The summed E-state index contributed by atoms with van der Waals surface area (Å²) < 4.78 is 10.7. The number of amides is 1. The summed E-state index contributed by atoms with van der Waals surface area (Å²) in [5, 5.41) is 4.99. The number of carbonyl (C=O) groups excluding carboxylic acids is 1. The lowest BCUT2D eigenvalue weighted by molar-refractivity contribution is 0.0967. The number of benzene rings is 3. The Morgan fingerprint density at radius 3 is 2.28 bits per heavy atom. The highest BCUT2D eigenvalue weighted by molar-refractivity contribution is 5.98. The minimum absolute atomic E-state index is 0.247. The maximum atomic E-state index is 12.7. The molecule has 146 valence electrons. The molecule has 0 aliphatic heterocycles. The first kappa shape index (κ1) is 20.0. The average molecular weight is 385 g/mol. The fourth-order valence-electron chi connectivity index (χ4n) is 3.04. The quantitative estimate of drug-likeness (QED) is 0.546. The Labute approximate surface area is 170 Å². The Kier molecular flexibility index (Phi) is 6.15. The Balaban J connectivity index is 2.01. The zero-order chi connectivity index (χ0) is 20.8. The van der Waals surface area contributed by atoms with E-state index in [1.165, 1.54) is 0 Å². The second-order valence-corrected chi connectivity index (χ2v) is 6.39. The predicted molar refractivity (Wildman–Crippen MR) is 118 cm³/mol. The molecule has 0 saturated heterocycles. The third-order valence-electron chi connectivity index (χ3n) is 4.56. The summed E-state index contributed by atoms with van der Waals surface area (Å²) in [4.78, 5) is 12.7. The molecule has 3 aromatic rings. The highest BCUT2D eigenvalue weighted by atomic mass is 16.5. The van der Waals surface area contributed by atoms with E-state index >= 15 is 0 Å². The van der Waals surface area contributed by atoms with Gasteiger partial charge in [0, 0.05) is 11.3 Å². The molecule has 0 fully saturated rings. The van der Waals surface area contributed by atoms with Crippen molar-refractivity contribution in [2.24, 2.45) is 0 Å². The van der Waals surface area contributed by atoms with Crippen molar-refractivity contribution in [2.45, 2.75) is 0 Å². The van der Waals surface area contributed by atoms with Crippen LogP contribution in [0.5, 0.6) is 11.5 Å². The largest absolute Gasteiger partial charge is 0.497 e. The summed E-state index contributed by atoms with van der Waals surface area (Å²) in [6.07, 6.45) is 4.85. The lowest BCUT2D eigenvalue weighted by Crippen LogP contribution is -2.21. The fourth-order valence-corrected chi connectivity index (χ4v) is 3.04. The predicted octanol–water partition coefficient (Wildman–Crippen LogP) is 5.51. The molecule has 4 heteroatoms. The van der Waals surface area contributed by atoms with Gasteiger partial charge in [-0.05, 0) is 70.4 Å². The van der Waals surface area contributed by atoms with E-state index in [2.05, 4.69) is 24.5 Å². The van der Waals surface area contributed by atoms with Gasteiger partial charge in [0.15, 0.2) is 0 Å². The molecule has 3 aromatic carbocycles. The van der Waals surface area contributed by atoms with Crippen molar-refractivity contribution in [3.63, 3.8) is 0 Å². The van der Waals surface area contributed by atoms with E-state index in [0.717, 1.165) is 27.6 Å². The standard InChI is InChI=1S/C25H23NO3/c1-5-7-22(6-2)26-25(27)21-13-20(15-24(16-21)29-4)18-8-9-19-14-23(28-3)11-10-17(19)12-18/h5-16H,1-2H2,3-4H3,(H,26,27)/b22-7+. The van der Waals surface area contributed by atoms with Gasteiger partial charge in [-0.1, -0.05) is 37.4 Å². The summed E-state index contributed by atoms with van der Waals surface area (Å²) in [5.74, 6) is 1.18. The normalized spacial score (nSPS) is 11.0. The lowest BCUT2D eigenvalue weighted by atomic mass is 9.99. The highest BCUT2D eigenvalue weighted by Gasteiger charge is 2.11. The zero-order valence-electron chi connectivity index (χ0n) is 16.6. The molecule has 0 bridgehead atoms. The van der Waals surface area contributed by atoms with Crippen molar-refractivity contribution in [3.8, 4) is 22.6 Å². The van der Waals surface area contributed by atoms with Crippen molar-refractivity contribution in [1.82, 2.24) is 5.32 Å². The molecule has 0 spiro atoms. The molecule has 1 amide bonds. The van der Waals surface area contributed by atoms with Crippen molar-refractivity contribution in [1.29, 1.82) is 0 Å². The van der Waals surface area contributed by atoms with Crippen LogP contribution in [0.4, 0.5) is 0 Å². The molecule has 0 atom stereocenters. The number of hydrogen-bond acceptors (Lipinski definition) is 3.